The van der Waals surface area contributed by atoms with E-state index in [1.807, 2.05) is 0 Å². The maximum absolute atomic E-state index is 11.1. The van der Waals surface area contributed by atoms with Gasteiger partial charge in [-0.25, -0.2) is 0 Å². The fourth-order valence-corrected chi connectivity index (χ4v) is 1.29. The molecule has 1 aliphatic rings. The molecule has 0 spiro atoms. The van der Waals surface area contributed by atoms with Crippen LogP contribution in [0.2, 0.25) is 0 Å². The number of hydrogen-bond donors (Lipinski definition) is 1. The van der Waals surface area contributed by atoms with Crippen LogP contribution < -0.4 is 5.32 Å². The Kier molecular flexibility index (Phi) is 3.28. The third-order valence-electron chi connectivity index (χ3n) is 2.13. The lowest BCUT2D eigenvalue weighted by Crippen LogP contribution is -2.23. The van der Waals surface area contributed by atoms with Gasteiger partial charge in [-0.2, -0.15) is 0 Å². The normalized spacial score (nSPS) is 25.1. The summed E-state index contributed by atoms with van der Waals surface area (Å²) in [5.74, 6) is 0.141. The minimum Gasteiger partial charge on any atom is -0.466 e. The Morgan fingerprint density at radius 1 is 1.54 bits per heavy atom. The van der Waals surface area contributed by atoms with Crippen molar-refractivity contribution >= 4 is 11.9 Å². The molecule has 0 aromatic carbocycles. The summed E-state index contributed by atoms with van der Waals surface area (Å²) < 4.78 is 4.85. The van der Waals surface area contributed by atoms with E-state index in [1.54, 1.807) is 6.92 Å². The van der Waals surface area contributed by atoms with Crippen LogP contribution in [0.25, 0.3) is 0 Å². The first-order valence-electron chi connectivity index (χ1n) is 4.56. The van der Waals surface area contributed by atoms with Crippen LogP contribution in [-0.4, -0.2) is 25.0 Å². The van der Waals surface area contributed by atoms with Crippen LogP contribution in [0.3, 0.4) is 0 Å². The molecule has 13 heavy (non-hydrogen) atoms. The van der Waals surface area contributed by atoms with Gasteiger partial charge in [-0.05, 0) is 19.3 Å². The minimum atomic E-state index is -0.127. The van der Waals surface area contributed by atoms with E-state index in [1.165, 1.54) is 6.92 Å². The van der Waals surface area contributed by atoms with Gasteiger partial charge < -0.3 is 10.1 Å². The molecule has 4 heteroatoms. The highest BCUT2D eigenvalue weighted by molar-refractivity contribution is 5.76. The second-order valence-corrected chi connectivity index (χ2v) is 3.29. The maximum atomic E-state index is 11.1. The summed E-state index contributed by atoms with van der Waals surface area (Å²) in [6.45, 7) is 4.30. The molecule has 0 aromatic rings. The first kappa shape index (κ1) is 10.0. The zero-order valence-corrected chi connectivity index (χ0v) is 8.00. The molecule has 0 radical (unpaired) electrons. The highest BCUT2D eigenvalue weighted by Crippen LogP contribution is 2.38. The lowest BCUT2D eigenvalue weighted by atomic mass is 10.3. The Morgan fingerprint density at radius 3 is 2.77 bits per heavy atom. The number of rotatable bonds is 4. The van der Waals surface area contributed by atoms with Gasteiger partial charge in [0.1, 0.15) is 0 Å². The fourth-order valence-electron chi connectivity index (χ4n) is 1.29. The van der Waals surface area contributed by atoms with Crippen LogP contribution in [0.5, 0.6) is 0 Å². The molecule has 0 aromatic heterocycles. The smallest absolute Gasteiger partial charge is 0.309 e. The summed E-state index contributed by atoms with van der Waals surface area (Å²) in [5, 5.41) is 2.69. The van der Waals surface area contributed by atoms with Crippen molar-refractivity contribution in [1.29, 1.82) is 0 Å². The monoisotopic (exact) mass is 185 g/mol. The van der Waals surface area contributed by atoms with E-state index in [0.717, 1.165) is 6.42 Å². The molecule has 1 fully saturated rings. The van der Waals surface area contributed by atoms with Gasteiger partial charge in [-0.15, -0.1) is 0 Å². The summed E-state index contributed by atoms with van der Waals surface area (Å²) >= 11 is 0. The number of nitrogens with one attached hydrogen (secondary N) is 1. The van der Waals surface area contributed by atoms with Gasteiger partial charge in [0, 0.05) is 13.5 Å². The number of carbonyl (C=O) groups excluding carboxylic acids is 2. The molecule has 1 amide bonds. The Bertz CT molecular complexity index is 215. The summed E-state index contributed by atoms with van der Waals surface area (Å²) in [6.07, 6.45) is 0.846. The van der Waals surface area contributed by atoms with E-state index in [2.05, 4.69) is 5.32 Å². The SMILES string of the molecule is CCOC(=O)[C@H]1C[C@H]1CNC(C)=O. The van der Waals surface area contributed by atoms with Crippen molar-refractivity contribution in [3.8, 4) is 0 Å². The van der Waals surface area contributed by atoms with E-state index in [4.69, 9.17) is 4.74 Å². The van der Waals surface area contributed by atoms with Crippen LogP contribution >= 0.6 is 0 Å². The molecule has 2 atom stereocenters. The Morgan fingerprint density at radius 2 is 2.23 bits per heavy atom. The Labute approximate surface area is 77.6 Å². The van der Waals surface area contributed by atoms with Gasteiger partial charge >= 0.3 is 5.97 Å². The van der Waals surface area contributed by atoms with Crippen LogP contribution in [0, 0.1) is 11.8 Å². The van der Waals surface area contributed by atoms with Crippen LogP contribution in [0.1, 0.15) is 20.3 Å². The van der Waals surface area contributed by atoms with E-state index in [-0.39, 0.29) is 17.8 Å². The third-order valence-corrected chi connectivity index (χ3v) is 2.13. The molecule has 0 bridgehead atoms. The molecule has 0 saturated heterocycles. The topological polar surface area (TPSA) is 55.4 Å². The first-order valence-corrected chi connectivity index (χ1v) is 4.56. The standard InChI is InChI=1S/C9H15NO3/c1-3-13-9(12)8-4-7(8)5-10-6(2)11/h7-8H,3-5H2,1-2H3,(H,10,11)/t7-,8-/m0/s1. The van der Waals surface area contributed by atoms with Gasteiger partial charge in [0.15, 0.2) is 0 Å². The van der Waals surface area contributed by atoms with E-state index < -0.39 is 0 Å². The highest BCUT2D eigenvalue weighted by atomic mass is 16.5. The second kappa shape index (κ2) is 4.25. The van der Waals surface area contributed by atoms with E-state index in [0.29, 0.717) is 19.1 Å². The van der Waals surface area contributed by atoms with Gasteiger partial charge in [0.2, 0.25) is 5.91 Å². The van der Waals surface area contributed by atoms with E-state index >= 15 is 0 Å². The first-order chi connectivity index (χ1) is 6.15. The van der Waals surface area contributed by atoms with Gasteiger partial charge in [-0.3, -0.25) is 9.59 Å². The molecule has 0 unspecified atom stereocenters. The van der Waals surface area contributed by atoms with Crippen molar-refractivity contribution in [2.24, 2.45) is 11.8 Å². The number of amides is 1. The number of hydrogen-bond acceptors (Lipinski definition) is 3. The van der Waals surface area contributed by atoms with Crippen molar-refractivity contribution in [3.63, 3.8) is 0 Å². The van der Waals surface area contributed by atoms with Crippen LogP contribution in [-0.2, 0) is 14.3 Å². The predicted octanol–water partition coefficient (Wildman–Crippen LogP) is 0.322. The summed E-state index contributed by atoms with van der Waals surface area (Å²) in [7, 11) is 0. The number of ether oxygens (including phenoxy) is 1. The molecular formula is C9H15NO3. The third kappa shape index (κ3) is 3.05. The van der Waals surface area contributed by atoms with Crippen molar-refractivity contribution in [2.75, 3.05) is 13.2 Å². The maximum Gasteiger partial charge on any atom is 0.309 e. The average Bonchev–Trinajstić information content (AvgIpc) is 2.80. The molecule has 1 saturated carbocycles. The summed E-state index contributed by atoms with van der Waals surface area (Å²) in [4.78, 5) is 21.7. The lowest BCUT2D eigenvalue weighted by Gasteiger charge is -2.01. The van der Waals surface area contributed by atoms with Crippen molar-refractivity contribution in [3.05, 3.63) is 0 Å². The molecule has 1 rings (SSSR count). The summed E-state index contributed by atoms with van der Waals surface area (Å²) in [5.41, 5.74) is 0. The van der Waals surface area contributed by atoms with Crippen molar-refractivity contribution in [1.82, 2.24) is 5.32 Å². The Hall–Kier alpha value is -1.06. The number of esters is 1. The molecular weight excluding hydrogens is 170 g/mol. The Balaban J connectivity index is 2.15. The van der Waals surface area contributed by atoms with Crippen LogP contribution in [0.15, 0.2) is 0 Å². The second-order valence-electron chi connectivity index (χ2n) is 3.29. The molecule has 0 heterocycles. The fraction of sp³-hybridized carbons (Fsp3) is 0.778. The zero-order chi connectivity index (χ0) is 9.84. The zero-order valence-electron chi connectivity index (χ0n) is 8.00. The molecule has 1 aliphatic carbocycles. The molecule has 74 valence electrons. The van der Waals surface area contributed by atoms with Gasteiger partial charge in [-0.1, -0.05) is 0 Å². The molecule has 4 nitrogen and oxygen atoms in total. The quantitative estimate of drug-likeness (QED) is 0.642. The summed E-state index contributed by atoms with van der Waals surface area (Å²) in [6, 6.07) is 0. The molecule has 1 N–H and O–H groups in total. The molecule has 0 aliphatic heterocycles. The van der Waals surface area contributed by atoms with Gasteiger partial charge in [0.05, 0.1) is 12.5 Å². The van der Waals surface area contributed by atoms with E-state index in [9.17, 15) is 9.59 Å². The predicted molar refractivity (Wildman–Crippen MR) is 46.9 cm³/mol. The lowest BCUT2D eigenvalue weighted by molar-refractivity contribution is -0.145. The van der Waals surface area contributed by atoms with Crippen LogP contribution in [0.4, 0.5) is 0 Å². The van der Waals surface area contributed by atoms with Crippen molar-refractivity contribution < 1.29 is 14.3 Å². The number of carbonyl (C=O) groups is 2. The minimum absolute atomic E-state index is 0.0202. The average molecular weight is 185 g/mol. The largest absolute Gasteiger partial charge is 0.466 e. The van der Waals surface area contributed by atoms with Gasteiger partial charge in [0.25, 0.3) is 0 Å². The highest BCUT2D eigenvalue weighted by Gasteiger charge is 2.43. The van der Waals surface area contributed by atoms with Crippen molar-refractivity contribution in [2.45, 2.75) is 20.3 Å².